The van der Waals surface area contributed by atoms with E-state index in [0.29, 0.717) is 60.1 Å². The quantitative estimate of drug-likeness (QED) is 0.191. The molecule has 4 aromatic rings. The number of benzene rings is 2. The van der Waals surface area contributed by atoms with Crippen molar-refractivity contribution in [3.63, 3.8) is 0 Å². The molecule has 1 N–H and O–H groups in total. The predicted octanol–water partition coefficient (Wildman–Crippen LogP) is 8.15. The zero-order chi connectivity index (χ0) is 38.6. The molecule has 0 atom stereocenters. The molecule has 1 amide bonds. The highest BCUT2D eigenvalue weighted by Gasteiger charge is 2.48. The third kappa shape index (κ3) is 7.67. The molecule has 2 aliphatic heterocycles. The van der Waals surface area contributed by atoms with Gasteiger partial charge in [0.25, 0.3) is 0 Å². The van der Waals surface area contributed by atoms with Gasteiger partial charge in [-0.1, -0.05) is 18.7 Å². The van der Waals surface area contributed by atoms with E-state index < -0.39 is 18.4 Å². The number of anilines is 1. The summed E-state index contributed by atoms with van der Waals surface area (Å²) in [6, 6.07) is 6.25. The Hall–Kier alpha value is -4.59. The van der Waals surface area contributed by atoms with Crippen LogP contribution in [-0.4, -0.2) is 107 Å². The van der Waals surface area contributed by atoms with Crippen molar-refractivity contribution in [2.24, 2.45) is 5.41 Å². The number of likely N-dealkylation sites (tertiary alicyclic amines) is 1. The summed E-state index contributed by atoms with van der Waals surface area (Å²) in [6.45, 7) is 12.5. The van der Waals surface area contributed by atoms with Crippen LogP contribution in [-0.2, 0) is 4.74 Å². The van der Waals surface area contributed by atoms with Crippen molar-refractivity contribution in [1.82, 2.24) is 30.0 Å². The van der Waals surface area contributed by atoms with Gasteiger partial charge in [0.05, 0.1) is 11.7 Å². The number of carbonyl (C=O) groups is 1. The standard InChI is InChI=1S/C40H50F3N7O4/c1-8-25-19-28-33(34(52-23-40(41,42)43)32(25)31-24(2)9-14-30-29(31)20-44-47-30)45-36(53-27-12-10-26(11-13-27)48(6)7)46-35(28)49-17-15-39(16-18-49)21-50(22-39)37(51)54-38(3,4)5/h8-9,14,19-20,26-27H,1,10-13,15-18,21-23H2,2-7H3,(H,44,47). The van der Waals surface area contributed by atoms with Crippen LogP contribution in [0, 0.1) is 12.3 Å². The Morgan fingerprint density at radius 2 is 1.76 bits per heavy atom. The van der Waals surface area contributed by atoms with Gasteiger partial charge in [0.2, 0.25) is 0 Å². The number of fused-ring (bicyclic) bond motifs is 2. The molecule has 1 aliphatic carbocycles. The van der Waals surface area contributed by atoms with E-state index in [1.807, 2.05) is 45.9 Å². The lowest BCUT2D eigenvalue weighted by Gasteiger charge is -2.53. The van der Waals surface area contributed by atoms with Gasteiger partial charge in [0.15, 0.2) is 12.4 Å². The Bertz CT molecular complexity index is 2030. The third-order valence-electron chi connectivity index (χ3n) is 11.1. The van der Waals surface area contributed by atoms with Gasteiger partial charge >= 0.3 is 18.3 Å². The van der Waals surface area contributed by atoms with Gasteiger partial charge in [-0.05, 0) is 109 Å². The number of rotatable bonds is 8. The first-order chi connectivity index (χ1) is 25.5. The molecule has 290 valence electrons. The van der Waals surface area contributed by atoms with E-state index in [9.17, 15) is 18.0 Å². The van der Waals surface area contributed by atoms with Gasteiger partial charge < -0.3 is 28.9 Å². The number of aryl methyl sites for hydroxylation is 1. The van der Waals surface area contributed by atoms with E-state index in [1.165, 1.54) is 0 Å². The summed E-state index contributed by atoms with van der Waals surface area (Å²) in [6.07, 6.45) is 3.36. The number of aromatic nitrogens is 4. The number of carbonyl (C=O) groups excluding carboxylic acids is 1. The molecule has 54 heavy (non-hydrogen) atoms. The Balaban J connectivity index is 1.31. The van der Waals surface area contributed by atoms with Crippen LogP contribution in [0.2, 0.25) is 0 Å². The van der Waals surface area contributed by atoms with Crippen LogP contribution in [0.3, 0.4) is 0 Å². The van der Waals surface area contributed by atoms with Crippen LogP contribution in [0.25, 0.3) is 39.0 Å². The Labute approximate surface area is 313 Å². The second kappa shape index (κ2) is 14.2. The van der Waals surface area contributed by atoms with E-state index in [4.69, 9.17) is 24.2 Å². The van der Waals surface area contributed by atoms with Crippen LogP contribution in [0.15, 0.2) is 31.0 Å². The summed E-state index contributed by atoms with van der Waals surface area (Å²) in [5.41, 5.74) is 2.90. The third-order valence-corrected chi connectivity index (χ3v) is 11.1. The average molecular weight is 750 g/mol. The van der Waals surface area contributed by atoms with E-state index in [1.54, 1.807) is 17.2 Å². The van der Waals surface area contributed by atoms with Crippen LogP contribution in [0.4, 0.5) is 23.8 Å². The van der Waals surface area contributed by atoms with Crippen LogP contribution < -0.4 is 14.4 Å². The summed E-state index contributed by atoms with van der Waals surface area (Å²) in [5, 5.41) is 8.49. The maximum atomic E-state index is 14.0. The maximum Gasteiger partial charge on any atom is 0.422 e. The average Bonchev–Trinajstić information content (AvgIpc) is 3.57. The second-order valence-corrected chi connectivity index (χ2v) is 16.4. The highest BCUT2D eigenvalue weighted by molar-refractivity contribution is 6.07. The summed E-state index contributed by atoms with van der Waals surface area (Å²) in [7, 11) is 4.16. The fraction of sp³-hybridized carbons (Fsp3) is 0.550. The van der Waals surface area contributed by atoms with Crippen molar-refractivity contribution >= 4 is 39.8 Å². The Morgan fingerprint density at radius 3 is 2.39 bits per heavy atom. The van der Waals surface area contributed by atoms with Crippen molar-refractivity contribution < 1.29 is 32.2 Å². The lowest BCUT2D eigenvalue weighted by molar-refractivity contribution is -0.153. The Morgan fingerprint density at radius 1 is 1.06 bits per heavy atom. The smallest absolute Gasteiger partial charge is 0.422 e. The molecule has 1 saturated carbocycles. The van der Waals surface area contributed by atoms with Crippen LogP contribution in [0.1, 0.15) is 70.4 Å². The zero-order valence-corrected chi connectivity index (χ0v) is 32.0. The fourth-order valence-corrected chi connectivity index (χ4v) is 8.24. The molecule has 3 aliphatic rings. The van der Waals surface area contributed by atoms with Gasteiger partial charge in [0.1, 0.15) is 23.0 Å². The molecule has 0 radical (unpaired) electrons. The van der Waals surface area contributed by atoms with E-state index >= 15 is 0 Å². The normalized spacial score (nSPS) is 20.4. The van der Waals surface area contributed by atoms with Gasteiger partial charge in [-0.3, -0.25) is 5.10 Å². The number of nitrogens with one attached hydrogen (secondary N) is 1. The number of aromatic amines is 1. The first-order valence-corrected chi connectivity index (χ1v) is 18.7. The summed E-state index contributed by atoms with van der Waals surface area (Å²) in [5.74, 6) is 0.557. The van der Waals surface area contributed by atoms with Crippen molar-refractivity contribution in [2.75, 3.05) is 51.8 Å². The number of ether oxygens (including phenoxy) is 3. The molecule has 2 saturated heterocycles. The Kier molecular flexibility index (Phi) is 9.95. The van der Waals surface area contributed by atoms with E-state index in [-0.39, 0.29) is 34.9 Å². The SMILES string of the molecule is C=Cc1cc2c(N3CCC4(CC3)CN(C(=O)OC(C)(C)C)C4)nc(OC3CCC(N(C)C)CC3)nc2c(OCC(F)(F)F)c1-c1c(C)ccc2[nH]ncc12. The topological polar surface area (TPSA) is 109 Å². The van der Waals surface area contributed by atoms with Crippen molar-refractivity contribution in [3.8, 4) is 22.9 Å². The molecule has 3 fully saturated rings. The van der Waals surface area contributed by atoms with Crippen molar-refractivity contribution in [2.45, 2.75) is 90.1 Å². The highest BCUT2D eigenvalue weighted by Crippen LogP contribution is 2.48. The van der Waals surface area contributed by atoms with Gasteiger partial charge in [-0.2, -0.15) is 28.2 Å². The molecule has 1 spiro atoms. The number of hydrogen-bond acceptors (Lipinski definition) is 9. The molecule has 11 nitrogen and oxygen atoms in total. The number of nitrogens with zero attached hydrogens (tertiary/aromatic N) is 6. The summed E-state index contributed by atoms with van der Waals surface area (Å²) in [4.78, 5) is 28.7. The largest absolute Gasteiger partial charge is 0.481 e. The predicted molar refractivity (Wildman–Crippen MR) is 203 cm³/mol. The summed E-state index contributed by atoms with van der Waals surface area (Å²) >= 11 is 0. The number of amides is 1. The first kappa shape index (κ1) is 37.7. The first-order valence-electron chi connectivity index (χ1n) is 18.7. The van der Waals surface area contributed by atoms with Gasteiger partial charge in [-0.15, -0.1) is 0 Å². The van der Waals surface area contributed by atoms with Crippen LogP contribution >= 0.6 is 0 Å². The number of halogens is 3. The fourth-order valence-electron chi connectivity index (χ4n) is 8.24. The molecule has 14 heteroatoms. The maximum absolute atomic E-state index is 14.0. The second-order valence-electron chi connectivity index (χ2n) is 16.4. The molecule has 7 rings (SSSR count). The summed E-state index contributed by atoms with van der Waals surface area (Å²) < 4.78 is 59.9. The van der Waals surface area contributed by atoms with E-state index in [2.05, 4.69) is 40.7 Å². The van der Waals surface area contributed by atoms with Crippen LogP contribution in [0.5, 0.6) is 11.8 Å². The lowest BCUT2D eigenvalue weighted by Crippen LogP contribution is -2.62. The zero-order valence-electron chi connectivity index (χ0n) is 32.0. The lowest BCUT2D eigenvalue weighted by atomic mass is 9.72. The number of H-pyrrole nitrogens is 1. The molecule has 4 heterocycles. The monoisotopic (exact) mass is 749 g/mol. The van der Waals surface area contributed by atoms with Crippen molar-refractivity contribution in [1.29, 1.82) is 0 Å². The highest BCUT2D eigenvalue weighted by atomic mass is 19.4. The molecular formula is C40H50F3N7O4. The number of hydrogen-bond donors (Lipinski definition) is 1. The van der Waals surface area contributed by atoms with Gasteiger partial charge in [0, 0.05) is 54.0 Å². The number of alkyl halides is 3. The minimum atomic E-state index is -4.61. The number of piperidine rings is 1. The molecule has 0 unspecified atom stereocenters. The molecular weight excluding hydrogens is 699 g/mol. The molecule has 0 bridgehead atoms. The molecule has 2 aromatic carbocycles. The van der Waals surface area contributed by atoms with E-state index in [0.717, 1.165) is 55.0 Å². The van der Waals surface area contributed by atoms with Crippen molar-refractivity contribution in [3.05, 3.63) is 42.1 Å². The minimum absolute atomic E-state index is 0.0122. The minimum Gasteiger partial charge on any atom is -0.481 e. The molecule has 2 aromatic heterocycles. The van der Waals surface area contributed by atoms with Gasteiger partial charge in [-0.25, -0.2) is 4.79 Å².